The van der Waals surface area contributed by atoms with Crippen LogP contribution >= 0.6 is 0 Å². The Morgan fingerprint density at radius 2 is 2.00 bits per heavy atom. The van der Waals surface area contributed by atoms with Crippen molar-refractivity contribution < 1.29 is 58.2 Å². The molecule has 0 unspecified atom stereocenters. The average Bonchev–Trinajstić information content (AvgIpc) is 2.04. The Hall–Kier alpha value is 0.235. The van der Waals surface area contributed by atoms with Crippen molar-refractivity contribution in [1.29, 1.82) is 0 Å². The largest absolute Gasteiger partial charge is 1.00 e. The van der Waals surface area contributed by atoms with Crippen molar-refractivity contribution in [2.75, 3.05) is 0 Å². The molecule has 3 heteroatoms. The summed E-state index contributed by atoms with van der Waals surface area (Å²) in [7, 11) is 0. The minimum absolute atomic E-state index is 0. The molecule has 0 saturated heterocycles. The van der Waals surface area contributed by atoms with Crippen molar-refractivity contribution in [3.05, 3.63) is 47.5 Å². The van der Waals surface area contributed by atoms with Crippen molar-refractivity contribution in [2.45, 2.75) is 6.92 Å². The smallest absolute Gasteiger partial charge is 0.440 e. The molecule has 1 aromatic rings. The average molecular weight is 243 g/mol. The van der Waals surface area contributed by atoms with Gasteiger partial charge in [-0.3, -0.25) is 0 Å². The van der Waals surface area contributed by atoms with Crippen LogP contribution in [0.1, 0.15) is 12.5 Å². The van der Waals surface area contributed by atoms with E-state index in [0.717, 1.165) is 17.0 Å². The molecule has 0 atom stereocenters. The molecule has 0 radical (unpaired) electrons. The molecule has 0 saturated carbocycles. The van der Waals surface area contributed by atoms with E-state index in [0.29, 0.717) is 5.82 Å². The zero-order chi connectivity index (χ0) is 8.55. The fourth-order valence-electron chi connectivity index (χ4n) is 1.29. The summed E-state index contributed by atoms with van der Waals surface area (Å²) >= 11 is 0. The van der Waals surface area contributed by atoms with Crippen LogP contribution in [0.5, 0.6) is 0 Å². The summed E-state index contributed by atoms with van der Waals surface area (Å²) in [6.45, 7) is 5.68. The molecule has 0 fully saturated rings. The standard InChI is InChI=1S/C10H9N2.Rb/c1-7-9-5-3-4-6-10(9)12-8(2)11-7;/h3-6H,2H2,1H3;/q-1;+1. The second-order valence-electron chi connectivity index (χ2n) is 2.74. The van der Waals surface area contributed by atoms with Gasteiger partial charge in [0.25, 0.3) is 0 Å². The third kappa shape index (κ3) is 2.37. The Labute approximate surface area is 127 Å². The molecule has 1 aromatic carbocycles. The molecular weight excluding hydrogens is 234 g/mol. The van der Waals surface area contributed by atoms with E-state index >= 15 is 0 Å². The van der Waals surface area contributed by atoms with Crippen LogP contribution < -0.4 is 58.2 Å². The molecular formula is C10H9N2Rb. The SMILES string of the molecule is C=C1N=C(C)c2ccccc2[N-]1.[Rb+]. The summed E-state index contributed by atoms with van der Waals surface area (Å²) in [5.74, 6) is 0.589. The molecule has 1 aliphatic rings. The van der Waals surface area contributed by atoms with Gasteiger partial charge in [0.15, 0.2) is 0 Å². The molecule has 0 N–H and O–H groups in total. The van der Waals surface area contributed by atoms with Crippen LogP contribution in [0.2, 0.25) is 0 Å². The van der Waals surface area contributed by atoms with Crippen LogP contribution in [-0.2, 0) is 0 Å². The second-order valence-corrected chi connectivity index (χ2v) is 2.74. The molecule has 13 heavy (non-hydrogen) atoms. The number of nitrogens with zero attached hydrogens (tertiary/aromatic N) is 2. The van der Waals surface area contributed by atoms with Gasteiger partial charge in [-0.1, -0.05) is 35.8 Å². The first kappa shape index (κ1) is 11.3. The van der Waals surface area contributed by atoms with Crippen molar-refractivity contribution in [2.24, 2.45) is 4.99 Å². The molecule has 0 aromatic heterocycles. The van der Waals surface area contributed by atoms with E-state index in [4.69, 9.17) is 0 Å². The Morgan fingerprint density at radius 1 is 1.31 bits per heavy atom. The van der Waals surface area contributed by atoms with Gasteiger partial charge in [-0.05, 0) is 18.2 Å². The minimum atomic E-state index is 0. The number of para-hydroxylation sites is 1. The van der Waals surface area contributed by atoms with E-state index in [1.807, 2.05) is 31.2 Å². The number of hydrogen-bond acceptors (Lipinski definition) is 1. The maximum absolute atomic E-state index is 4.21. The van der Waals surface area contributed by atoms with Crippen molar-refractivity contribution >= 4 is 11.4 Å². The Balaban J connectivity index is 0.000000845. The molecule has 1 heterocycles. The van der Waals surface area contributed by atoms with Crippen LogP contribution in [0.15, 0.2) is 41.7 Å². The first-order valence-electron chi connectivity index (χ1n) is 3.83. The Kier molecular flexibility index (Phi) is 4.04. The molecule has 60 valence electrons. The molecule has 0 spiro atoms. The summed E-state index contributed by atoms with van der Waals surface area (Å²) in [6.07, 6.45) is 0. The van der Waals surface area contributed by atoms with Gasteiger partial charge in [-0.25, -0.2) is 0 Å². The summed E-state index contributed by atoms with van der Waals surface area (Å²) in [5.41, 5.74) is 3.06. The summed E-state index contributed by atoms with van der Waals surface area (Å²) < 4.78 is 0. The number of benzene rings is 1. The predicted octanol–water partition coefficient (Wildman–Crippen LogP) is -0.0104. The van der Waals surface area contributed by atoms with Crippen molar-refractivity contribution in [1.82, 2.24) is 0 Å². The van der Waals surface area contributed by atoms with E-state index in [1.165, 1.54) is 0 Å². The van der Waals surface area contributed by atoms with Crippen LogP contribution in [0.3, 0.4) is 0 Å². The monoisotopic (exact) mass is 242 g/mol. The Morgan fingerprint density at radius 3 is 2.77 bits per heavy atom. The predicted molar refractivity (Wildman–Crippen MR) is 50.8 cm³/mol. The first-order chi connectivity index (χ1) is 5.77. The second kappa shape index (κ2) is 4.64. The van der Waals surface area contributed by atoms with E-state index < -0.39 is 0 Å². The van der Waals surface area contributed by atoms with Gasteiger partial charge < -0.3 is 10.3 Å². The minimum Gasteiger partial charge on any atom is -0.440 e. The van der Waals surface area contributed by atoms with Gasteiger partial charge in [-0.2, -0.15) is 0 Å². The zero-order valence-corrected chi connectivity index (χ0v) is 12.8. The summed E-state index contributed by atoms with van der Waals surface area (Å²) in [4.78, 5) is 4.18. The normalized spacial score (nSPS) is 13.6. The number of hydrogen-bond donors (Lipinski definition) is 0. The van der Waals surface area contributed by atoms with Crippen LogP contribution in [0.4, 0.5) is 5.69 Å². The molecule has 2 nitrogen and oxygen atoms in total. The number of rotatable bonds is 0. The summed E-state index contributed by atoms with van der Waals surface area (Å²) in [6, 6.07) is 7.94. The van der Waals surface area contributed by atoms with E-state index in [9.17, 15) is 0 Å². The molecule has 0 amide bonds. The fraction of sp³-hybridized carbons (Fsp3) is 0.100. The Bertz CT molecular complexity index is 369. The van der Waals surface area contributed by atoms with E-state index in [1.54, 1.807) is 0 Å². The van der Waals surface area contributed by atoms with Gasteiger partial charge >= 0.3 is 58.2 Å². The van der Waals surface area contributed by atoms with Gasteiger partial charge in [0.05, 0.1) is 0 Å². The van der Waals surface area contributed by atoms with Gasteiger partial charge in [0, 0.05) is 0 Å². The van der Waals surface area contributed by atoms with Gasteiger partial charge in [0.2, 0.25) is 0 Å². The van der Waals surface area contributed by atoms with Crippen molar-refractivity contribution in [3.8, 4) is 0 Å². The number of fused-ring (bicyclic) bond motifs is 1. The quantitative estimate of drug-likeness (QED) is 0.612. The van der Waals surface area contributed by atoms with Crippen LogP contribution in [-0.4, -0.2) is 5.71 Å². The van der Waals surface area contributed by atoms with Gasteiger partial charge in [-0.15, -0.1) is 6.58 Å². The first-order valence-corrected chi connectivity index (χ1v) is 3.83. The maximum atomic E-state index is 4.21. The van der Waals surface area contributed by atoms with E-state index in [-0.39, 0.29) is 58.2 Å². The number of aliphatic imine (C=N–C) groups is 1. The third-order valence-electron chi connectivity index (χ3n) is 1.84. The topological polar surface area (TPSA) is 26.5 Å². The summed E-state index contributed by atoms with van der Waals surface area (Å²) in [5, 5.41) is 4.21. The van der Waals surface area contributed by atoms with Gasteiger partial charge in [0.1, 0.15) is 0 Å². The van der Waals surface area contributed by atoms with Crippen LogP contribution in [0.25, 0.3) is 5.32 Å². The third-order valence-corrected chi connectivity index (χ3v) is 1.84. The van der Waals surface area contributed by atoms with Crippen LogP contribution in [0, 0.1) is 0 Å². The molecule has 0 bridgehead atoms. The molecule has 1 aliphatic heterocycles. The molecule has 2 rings (SSSR count). The zero-order valence-electron chi connectivity index (χ0n) is 7.91. The fourth-order valence-corrected chi connectivity index (χ4v) is 1.29. The van der Waals surface area contributed by atoms with E-state index in [2.05, 4.69) is 16.9 Å². The van der Waals surface area contributed by atoms with Crippen molar-refractivity contribution in [3.63, 3.8) is 0 Å². The molecule has 0 aliphatic carbocycles. The maximum Gasteiger partial charge on any atom is 1.00 e.